The van der Waals surface area contributed by atoms with Crippen LogP contribution in [0.3, 0.4) is 0 Å². The summed E-state index contributed by atoms with van der Waals surface area (Å²) < 4.78 is -0.322. The highest BCUT2D eigenvalue weighted by molar-refractivity contribution is 8.15. The molecule has 2 nitrogen and oxygen atoms in total. The van der Waals surface area contributed by atoms with Crippen molar-refractivity contribution in [1.29, 1.82) is 0 Å². The molecule has 1 N–H and O–H groups in total. The molecular formula is C11H16O2S. The van der Waals surface area contributed by atoms with Crippen LogP contribution < -0.4 is 0 Å². The van der Waals surface area contributed by atoms with Crippen LogP contribution in [0.25, 0.3) is 0 Å². The summed E-state index contributed by atoms with van der Waals surface area (Å²) in [7, 11) is 0. The Morgan fingerprint density at radius 1 is 1.43 bits per heavy atom. The Morgan fingerprint density at radius 2 is 2.00 bits per heavy atom. The zero-order chi connectivity index (χ0) is 10.3. The van der Waals surface area contributed by atoms with Gasteiger partial charge in [-0.2, -0.15) is 0 Å². The SMILES string of the molecule is CC1=C(O)C(C)(C2CCCC2)SC1=O. The Balaban J connectivity index is 2.29. The van der Waals surface area contributed by atoms with E-state index >= 15 is 0 Å². The second-order valence-electron chi connectivity index (χ2n) is 4.45. The zero-order valence-electron chi connectivity index (χ0n) is 8.67. The van der Waals surface area contributed by atoms with Crippen molar-refractivity contribution < 1.29 is 9.90 Å². The van der Waals surface area contributed by atoms with Crippen LogP contribution in [-0.2, 0) is 4.79 Å². The molecule has 0 aromatic carbocycles. The summed E-state index contributed by atoms with van der Waals surface area (Å²) in [5, 5.41) is 10.0. The van der Waals surface area contributed by atoms with Gasteiger partial charge in [0.1, 0.15) is 5.76 Å². The number of aliphatic hydroxyl groups is 1. The van der Waals surface area contributed by atoms with Gasteiger partial charge in [-0.25, -0.2) is 0 Å². The van der Waals surface area contributed by atoms with E-state index in [0.717, 1.165) is 12.8 Å². The van der Waals surface area contributed by atoms with E-state index in [1.54, 1.807) is 6.92 Å². The van der Waals surface area contributed by atoms with Crippen LogP contribution >= 0.6 is 11.8 Å². The number of thioether (sulfide) groups is 1. The molecule has 1 atom stereocenters. The maximum absolute atomic E-state index is 11.5. The number of carbonyl (C=O) groups is 1. The Labute approximate surface area is 88.8 Å². The molecule has 3 heteroatoms. The number of rotatable bonds is 1. The van der Waals surface area contributed by atoms with Crippen LogP contribution in [0.2, 0.25) is 0 Å². The minimum Gasteiger partial charge on any atom is -0.510 e. The molecule has 0 spiro atoms. The van der Waals surface area contributed by atoms with Crippen LogP contribution in [0.15, 0.2) is 11.3 Å². The predicted octanol–water partition coefficient (Wildman–Crippen LogP) is 3.04. The fourth-order valence-electron chi connectivity index (χ4n) is 2.54. The standard InChI is InChI=1S/C11H16O2S/c1-7-9(12)11(2,14-10(7)13)8-5-3-4-6-8/h8,12H,3-6H2,1-2H3. The van der Waals surface area contributed by atoms with Crippen molar-refractivity contribution in [2.75, 3.05) is 0 Å². The summed E-state index contributed by atoms with van der Waals surface area (Å²) in [4.78, 5) is 11.5. The fraction of sp³-hybridized carbons (Fsp3) is 0.727. The number of hydrogen-bond donors (Lipinski definition) is 1. The lowest BCUT2D eigenvalue weighted by Crippen LogP contribution is -2.29. The van der Waals surface area contributed by atoms with Gasteiger partial charge in [0.05, 0.1) is 4.75 Å². The molecule has 0 radical (unpaired) electrons. The van der Waals surface area contributed by atoms with E-state index in [9.17, 15) is 9.90 Å². The molecule has 1 aliphatic carbocycles. The average molecular weight is 212 g/mol. The molecule has 0 bridgehead atoms. The molecule has 1 heterocycles. The molecule has 2 rings (SSSR count). The molecule has 0 saturated heterocycles. The van der Waals surface area contributed by atoms with Crippen molar-refractivity contribution in [3.8, 4) is 0 Å². The summed E-state index contributed by atoms with van der Waals surface area (Å²) in [6.07, 6.45) is 4.77. The molecule has 1 fully saturated rings. The van der Waals surface area contributed by atoms with Gasteiger partial charge >= 0.3 is 0 Å². The monoisotopic (exact) mass is 212 g/mol. The van der Waals surface area contributed by atoms with Crippen molar-refractivity contribution in [3.05, 3.63) is 11.3 Å². The summed E-state index contributed by atoms with van der Waals surface area (Å²) in [5.74, 6) is 0.813. The second kappa shape index (κ2) is 3.30. The van der Waals surface area contributed by atoms with Crippen molar-refractivity contribution in [2.45, 2.75) is 44.3 Å². The third-order valence-electron chi connectivity index (χ3n) is 3.57. The summed E-state index contributed by atoms with van der Waals surface area (Å²) in [6.45, 7) is 3.74. The van der Waals surface area contributed by atoms with Gasteiger partial charge in [-0.15, -0.1) is 0 Å². The fourth-order valence-corrected chi connectivity index (χ4v) is 3.83. The van der Waals surface area contributed by atoms with Crippen molar-refractivity contribution in [1.82, 2.24) is 0 Å². The lowest BCUT2D eigenvalue weighted by molar-refractivity contribution is -0.107. The Kier molecular flexibility index (Phi) is 2.38. The topological polar surface area (TPSA) is 37.3 Å². The Morgan fingerprint density at radius 3 is 2.43 bits per heavy atom. The van der Waals surface area contributed by atoms with E-state index in [-0.39, 0.29) is 9.86 Å². The largest absolute Gasteiger partial charge is 0.510 e. The van der Waals surface area contributed by atoms with E-state index in [1.165, 1.54) is 24.6 Å². The molecule has 1 unspecified atom stereocenters. The smallest absolute Gasteiger partial charge is 0.219 e. The van der Waals surface area contributed by atoms with Crippen molar-refractivity contribution >= 4 is 16.9 Å². The molecule has 1 saturated carbocycles. The average Bonchev–Trinajstić information content (AvgIpc) is 2.73. The lowest BCUT2D eigenvalue weighted by Gasteiger charge is -2.29. The van der Waals surface area contributed by atoms with Gasteiger partial charge in [-0.1, -0.05) is 24.6 Å². The van der Waals surface area contributed by atoms with Gasteiger partial charge < -0.3 is 5.11 Å². The first-order valence-corrected chi connectivity index (χ1v) is 6.01. The molecule has 14 heavy (non-hydrogen) atoms. The van der Waals surface area contributed by atoms with Gasteiger partial charge in [0.2, 0.25) is 5.12 Å². The molecule has 78 valence electrons. The minimum atomic E-state index is -0.322. The van der Waals surface area contributed by atoms with Gasteiger partial charge in [0.15, 0.2) is 0 Å². The minimum absolute atomic E-state index is 0.0527. The van der Waals surface area contributed by atoms with E-state index < -0.39 is 0 Å². The predicted molar refractivity (Wildman–Crippen MR) is 58.3 cm³/mol. The second-order valence-corrected chi connectivity index (χ2v) is 5.87. The Hall–Kier alpha value is -0.440. The zero-order valence-corrected chi connectivity index (χ0v) is 9.49. The summed E-state index contributed by atoms with van der Waals surface area (Å²) in [6, 6.07) is 0. The maximum atomic E-state index is 11.5. The number of aliphatic hydroxyl groups excluding tert-OH is 1. The highest BCUT2D eigenvalue weighted by Gasteiger charge is 2.47. The van der Waals surface area contributed by atoms with Gasteiger partial charge in [0, 0.05) is 5.57 Å². The quantitative estimate of drug-likeness (QED) is 0.726. The highest BCUT2D eigenvalue weighted by atomic mass is 32.2. The first-order valence-electron chi connectivity index (χ1n) is 5.19. The van der Waals surface area contributed by atoms with E-state index in [0.29, 0.717) is 17.3 Å². The molecule has 0 aromatic heterocycles. The first kappa shape index (κ1) is 10.1. The van der Waals surface area contributed by atoms with Crippen molar-refractivity contribution in [3.63, 3.8) is 0 Å². The van der Waals surface area contributed by atoms with Gasteiger partial charge in [0.25, 0.3) is 0 Å². The number of carbonyl (C=O) groups excluding carboxylic acids is 1. The van der Waals surface area contributed by atoms with Crippen LogP contribution in [-0.4, -0.2) is 15.0 Å². The van der Waals surface area contributed by atoms with Gasteiger partial charge in [-0.3, -0.25) is 4.79 Å². The van der Waals surface area contributed by atoms with Crippen molar-refractivity contribution in [2.24, 2.45) is 5.92 Å². The third kappa shape index (κ3) is 1.29. The molecule has 2 aliphatic rings. The van der Waals surface area contributed by atoms with E-state index in [4.69, 9.17) is 0 Å². The molecule has 1 aliphatic heterocycles. The summed E-state index contributed by atoms with van der Waals surface area (Å²) in [5.41, 5.74) is 0.560. The lowest BCUT2D eigenvalue weighted by atomic mass is 9.88. The normalized spacial score (nSPS) is 34.6. The first-order chi connectivity index (χ1) is 6.55. The van der Waals surface area contributed by atoms with Gasteiger partial charge in [-0.05, 0) is 32.6 Å². The highest BCUT2D eigenvalue weighted by Crippen LogP contribution is 2.51. The Bertz CT molecular complexity index is 302. The van der Waals surface area contributed by atoms with E-state index in [1.807, 2.05) is 6.92 Å². The van der Waals surface area contributed by atoms with Crippen LogP contribution in [0.5, 0.6) is 0 Å². The van der Waals surface area contributed by atoms with Crippen LogP contribution in [0.4, 0.5) is 0 Å². The maximum Gasteiger partial charge on any atom is 0.219 e. The molecule has 0 amide bonds. The number of hydrogen-bond acceptors (Lipinski definition) is 3. The third-order valence-corrected chi connectivity index (χ3v) is 5.01. The van der Waals surface area contributed by atoms with Crippen LogP contribution in [0, 0.1) is 5.92 Å². The molecule has 0 aromatic rings. The van der Waals surface area contributed by atoms with E-state index in [2.05, 4.69) is 0 Å². The van der Waals surface area contributed by atoms with Crippen LogP contribution in [0.1, 0.15) is 39.5 Å². The summed E-state index contributed by atoms with van der Waals surface area (Å²) >= 11 is 1.32. The molecular weight excluding hydrogens is 196 g/mol.